The van der Waals surface area contributed by atoms with Crippen molar-refractivity contribution in [3.05, 3.63) is 48.0 Å². The standard InChI is InChI=1S/C13H10FN3/c1-8-2-4-10-11(6-8)17-13(16-10)9-3-5-12(14)15-7-9/h2-7H,1H3,(H,16,17). The maximum Gasteiger partial charge on any atom is 0.212 e. The highest BCUT2D eigenvalue weighted by Crippen LogP contribution is 2.20. The van der Waals surface area contributed by atoms with Gasteiger partial charge in [0.1, 0.15) is 5.82 Å². The molecule has 1 aromatic carbocycles. The van der Waals surface area contributed by atoms with E-state index >= 15 is 0 Å². The lowest BCUT2D eigenvalue weighted by molar-refractivity contribution is 0.584. The van der Waals surface area contributed by atoms with Gasteiger partial charge in [0, 0.05) is 11.8 Å². The number of aryl methyl sites for hydroxylation is 1. The molecule has 84 valence electrons. The van der Waals surface area contributed by atoms with Gasteiger partial charge in [-0.15, -0.1) is 0 Å². The molecule has 0 amide bonds. The summed E-state index contributed by atoms with van der Waals surface area (Å²) in [5.41, 5.74) is 3.82. The van der Waals surface area contributed by atoms with E-state index in [2.05, 4.69) is 15.0 Å². The number of hydrogen-bond donors (Lipinski definition) is 1. The third-order valence-electron chi connectivity index (χ3n) is 2.64. The van der Waals surface area contributed by atoms with Crippen molar-refractivity contribution >= 4 is 11.0 Å². The van der Waals surface area contributed by atoms with E-state index in [1.54, 1.807) is 6.07 Å². The van der Waals surface area contributed by atoms with Crippen molar-refractivity contribution in [1.82, 2.24) is 15.0 Å². The van der Waals surface area contributed by atoms with Gasteiger partial charge < -0.3 is 4.98 Å². The van der Waals surface area contributed by atoms with Crippen molar-refractivity contribution in [2.45, 2.75) is 6.92 Å². The van der Waals surface area contributed by atoms with Crippen molar-refractivity contribution in [3.63, 3.8) is 0 Å². The summed E-state index contributed by atoms with van der Waals surface area (Å²) in [5.74, 6) is 0.221. The maximum absolute atomic E-state index is 12.7. The van der Waals surface area contributed by atoms with Gasteiger partial charge in [0.15, 0.2) is 0 Å². The molecule has 0 spiro atoms. The molecule has 4 heteroatoms. The number of pyridine rings is 1. The number of imidazole rings is 1. The van der Waals surface area contributed by atoms with Crippen LogP contribution < -0.4 is 0 Å². The van der Waals surface area contributed by atoms with E-state index in [1.807, 2.05) is 25.1 Å². The Morgan fingerprint density at radius 2 is 2.06 bits per heavy atom. The van der Waals surface area contributed by atoms with Crippen LogP contribution in [0.3, 0.4) is 0 Å². The number of aromatic nitrogens is 3. The van der Waals surface area contributed by atoms with Gasteiger partial charge >= 0.3 is 0 Å². The second kappa shape index (κ2) is 3.66. The molecule has 1 N–H and O–H groups in total. The predicted molar refractivity (Wildman–Crippen MR) is 64.0 cm³/mol. The van der Waals surface area contributed by atoms with Gasteiger partial charge in [-0.1, -0.05) is 6.07 Å². The van der Waals surface area contributed by atoms with Crippen LogP contribution in [0.1, 0.15) is 5.56 Å². The zero-order valence-corrected chi connectivity index (χ0v) is 9.24. The van der Waals surface area contributed by atoms with E-state index in [1.165, 1.54) is 17.8 Å². The zero-order chi connectivity index (χ0) is 11.8. The van der Waals surface area contributed by atoms with Gasteiger partial charge in [-0.05, 0) is 36.8 Å². The SMILES string of the molecule is Cc1ccc2nc(-c3ccc(F)nc3)[nH]c2c1. The van der Waals surface area contributed by atoms with E-state index in [-0.39, 0.29) is 0 Å². The lowest BCUT2D eigenvalue weighted by Crippen LogP contribution is -1.84. The highest BCUT2D eigenvalue weighted by molar-refractivity contribution is 5.79. The monoisotopic (exact) mass is 227 g/mol. The molecule has 2 heterocycles. The Morgan fingerprint density at radius 1 is 1.18 bits per heavy atom. The Morgan fingerprint density at radius 3 is 2.82 bits per heavy atom. The normalized spacial score (nSPS) is 10.9. The molecule has 0 aliphatic carbocycles. The number of benzene rings is 1. The summed E-state index contributed by atoms with van der Waals surface area (Å²) in [5, 5.41) is 0. The van der Waals surface area contributed by atoms with E-state index in [0.29, 0.717) is 5.82 Å². The van der Waals surface area contributed by atoms with Crippen LogP contribution in [0.25, 0.3) is 22.4 Å². The summed E-state index contributed by atoms with van der Waals surface area (Å²) < 4.78 is 12.7. The van der Waals surface area contributed by atoms with E-state index in [4.69, 9.17) is 0 Å². The molecule has 0 saturated carbocycles. The number of aromatic amines is 1. The van der Waals surface area contributed by atoms with Gasteiger partial charge in [-0.2, -0.15) is 4.39 Å². The second-order valence-electron chi connectivity index (χ2n) is 3.98. The number of H-pyrrole nitrogens is 1. The molecule has 2 aromatic heterocycles. The first-order valence-corrected chi connectivity index (χ1v) is 5.31. The lowest BCUT2D eigenvalue weighted by Gasteiger charge is -1.94. The summed E-state index contributed by atoms with van der Waals surface area (Å²) in [6, 6.07) is 8.99. The van der Waals surface area contributed by atoms with Gasteiger partial charge in [-0.3, -0.25) is 0 Å². The smallest absolute Gasteiger partial charge is 0.212 e. The molecule has 3 aromatic rings. The quantitative estimate of drug-likeness (QED) is 0.649. The third-order valence-corrected chi connectivity index (χ3v) is 2.64. The highest BCUT2D eigenvalue weighted by Gasteiger charge is 2.05. The summed E-state index contributed by atoms with van der Waals surface area (Å²) in [4.78, 5) is 11.3. The molecular weight excluding hydrogens is 217 g/mol. The molecule has 3 rings (SSSR count). The van der Waals surface area contributed by atoms with E-state index < -0.39 is 5.95 Å². The fraction of sp³-hybridized carbons (Fsp3) is 0.0769. The Hall–Kier alpha value is -2.23. The van der Waals surface area contributed by atoms with Crippen LogP contribution >= 0.6 is 0 Å². The first kappa shape index (κ1) is 9.96. The van der Waals surface area contributed by atoms with Gasteiger partial charge in [-0.25, -0.2) is 9.97 Å². The van der Waals surface area contributed by atoms with Crippen molar-refractivity contribution < 1.29 is 4.39 Å². The lowest BCUT2D eigenvalue weighted by atomic mass is 10.2. The number of nitrogens with zero attached hydrogens (tertiary/aromatic N) is 2. The Labute approximate surface area is 97.3 Å². The van der Waals surface area contributed by atoms with Crippen LogP contribution in [0.4, 0.5) is 4.39 Å². The summed E-state index contributed by atoms with van der Waals surface area (Å²) in [6.07, 6.45) is 1.47. The van der Waals surface area contributed by atoms with Crippen molar-refractivity contribution in [2.75, 3.05) is 0 Å². The van der Waals surface area contributed by atoms with Crippen molar-refractivity contribution in [2.24, 2.45) is 0 Å². The Kier molecular flexibility index (Phi) is 2.14. The van der Waals surface area contributed by atoms with Crippen molar-refractivity contribution in [3.8, 4) is 11.4 Å². The Bertz CT molecular complexity index is 671. The first-order valence-electron chi connectivity index (χ1n) is 5.31. The fourth-order valence-corrected chi connectivity index (χ4v) is 1.78. The average Bonchev–Trinajstić information content (AvgIpc) is 2.72. The first-order chi connectivity index (χ1) is 8.22. The van der Waals surface area contributed by atoms with Gasteiger partial charge in [0.05, 0.1) is 11.0 Å². The minimum Gasteiger partial charge on any atom is -0.338 e. The molecule has 0 aliphatic heterocycles. The van der Waals surface area contributed by atoms with Gasteiger partial charge in [0.25, 0.3) is 0 Å². The molecular formula is C13H10FN3. The molecule has 0 fully saturated rings. The second-order valence-corrected chi connectivity index (χ2v) is 3.98. The maximum atomic E-state index is 12.7. The highest BCUT2D eigenvalue weighted by atomic mass is 19.1. The van der Waals surface area contributed by atoms with E-state index in [0.717, 1.165) is 16.6 Å². The zero-order valence-electron chi connectivity index (χ0n) is 9.24. The molecule has 0 radical (unpaired) electrons. The minimum atomic E-state index is -0.485. The number of fused-ring (bicyclic) bond motifs is 1. The number of rotatable bonds is 1. The summed E-state index contributed by atoms with van der Waals surface area (Å²) in [7, 11) is 0. The molecule has 3 nitrogen and oxygen atoms in total. The Balaban J connectivity index is 2.14. The van der Waals surface area contributed by atoms with Gasteiger partial charge in [0.2, 0.25) is 5.95 Å². The topological polar surface area (TPSA) is 41.6 Å². The summed E-state index contributed by atoms with van der Waals surface area (Å²) >= 11 is 0. The van der Waals surface area contributed by atoms with Crippen LogP contribution in [-0.2, 0) is 0 Å². The van der Waals surface area contributed by atoms with Crippen LogP contribution in [0.15, 0.2) is 36.5 Å². The molecule has 0 atom stereocenters. The fourth-order valence-electron chi connectivity index (χ4n) is 1.78. The predicted octanol–water partition coefficient (Wildman–Crippen LogP) is 3.07. The van der Waals surface area contributed by atoms with Crippen LogP contribution in [0.2, 0.25) is 0 Å². The van der Waals surface area contributed by atoms with E-state index in [9.17, 15) is 4.39 Å². The summed E-state index contributed by atoms with van der Waals surface area (Å²) in [6.45, 7) is 2.03. The number of hydrogen-bond acceptors (Lipinski definition) is 2. The molecule has 0 unspecified atom stereocenters. The number of halogens is 1. The molecule has 0 saturated heterocycles. The van der Waals surface area contributed by atoms with Crippen LogP contribution in [-0.4, -0.2) is 15.0 Å². The minimum absolute atomic E-state index is 0.485. The molecule has 17 heavy (non-hydrogen) atoms. The van der Waals surface area contributed by atoms with Crippen molar-refractivity contribution in [1.29, 1.82) is 0 Å². The molecule has 0 aliphatic rings. The number of nitrogens with one attached hydrogen (secondary N) is 1. The molecule has 0 bridgehead atoms. The average molecular weight is 227 g/mol. The largest absolute Gasteiger partial charge is 0.338 e. The third kappa shape index (κ3) is 1.78. The van der Waals surface area contributed by atoms with Crippen LogP contribution in [0, 0.1) is 12.9 Å². The van der Waals surface area contributed by atoms with Crippen LogP contribution in [0.5, 0.6) is 0 Å².